The molecule has 0 amide bonds. The Morgan fingerprint density at radius 1 is 1.58 bits per heavy atom. The first-order valence-electron chi connectivity index (χ1n) is 3.50. The summed E-state index contributed by atoms with van der Waals surface area (Å²) in [5, 5.41) is 2.73. The van der Waals surface area contributed by atoms with Crippen molar-refractivity contribution in [2.24, 2.45) is 5.11 Å². The standard InChI is InChI=1S/C5H12N4O2S/c1-5(2)12(10,11)8-4-3-7-9-6/h5,8H,3-4H2,1-2H3. The van der Waals surface area contributed by atoms with Gasteiger partial charge in [-0.25, -0.2) is 13.1 Å². The Bertz CT molecular complexity index is 265. The number of nitrogens with zero attached hydrogens (tertiary/aromatic N) is 3. The van der Waals surface area contributed by atoms with E-state index in [0.29, 0.717) is 0 Å². The molecule has 0 aliphatic heterocycles. The first kappa shape index (κ1) is 11.2. The summed E-state index contributed by atoms with van der Waals surface area (Å²) >= 11 is 0. The number of sulfonamides is 1. The minimum atomic E-state index is -3.21. The van der Waals surface area contributed by atoms with Crippen LogP contribution in [0.5, 0.6) is 0 Å². The fourth-order valence-corrected chi connectivity index (χ4v) is 1.16. The summed E-state index contributed by atoms with van der Waals surface area (Å²) in [5.74, 6) is 0. The van der Waals surface area contributed by atoms with E-state index in [0.717, 1.165) is 0 Å². The van der Waals surface area contributed by atoms with Crippen molar-refractivity contribution < 1.29 is 8.42 Å². The Labute approximate surface area is 71.6 Å². The van der Waals surface area contributed by atoms with Crippen molar-refractivity contribution in [3.05, 3.63) is 10.4 Å². The molecule has 0 spiro atoms. The van der Waals surface area contributed by atoms with Crippen LogP contribution in [0.25, 0.3) is 10.4 Å². The Morgan fingerprint density at radius 2 is 2.17 bits per heavy atom. The summed E-state index contributed by atoms with van der Waals surface area (Å²) in [6.07, 6.45) is 0. The Hall–Kier alpha value is -0.780. The van der Waals surface area contributed by atoms with E-state index < -0.39 is 15.3 Å². The Balaban J connectivity index is 3.86. The molecule has 0 atom stereocenters. The molecule has 1 N–H and O–H groups in total. The molecule has 0 heterocycles. The van der Waals surface area contributed by atoms with Gasteiger partial charge in [0.1, 0.15) is 0 Å². The lowest BCUT2D eigenvalue weighted by Gasteiger charge is -2.07. The van der Waals surface area contributed by atoms with Gasteiger partial charge in [-0.3, -0.25) is 0 Å². The van der Waals surface area contributed by atoms with Gasteiger partial charge >= 0.3 is 0 Å². The number of hydrogen-bond acceptors (Lipinski definition) is 3. The SMILES string of the molecule is CC(C)S(=O)(=O)NCCN=[N+]=[N-]. The maximum absolute atomic E-state index is 11.0. The average molecular weight is 192 g/mol. The Morgan fingerprint density at radius 3 is 2.58 bits per heavy atom. The molecule has 0 aromatic rings. The summed E-state index contributed by atoms with van der Waals surface area (Å²) in [6, 6.07) is 0. The van der Waals surface area contributed by atoms with Crippen molar-refractivity contribution in [3.8, 4) is 0 Å². The minimum absolute atomic E-state index is 0.141. The second-order valence-corrected chi connectivity index (χ2v) is 4.76. The van der Waals surface area contributed by atoms with Gasteiger partial charge in [0, 0.05) is 18.0 Å². The van der Waals surface area contributed by atoms with Crippen molar-refractivity contribution >= 4 is 10.0 Å². The van der Waals surface area contributed by atoms with Gasteiger partial charge in [-0.05, 0) is 19.4 Å². The molecule has 6 nitrogen and oxygen atoms in total. The largest absolute Gasteiger partial charge is 0.215 e. The van der Waals surface area contributed by atoms with Gasteiger partial charge in [0.2, 0.25) is 10.0 Å². The first-order valence-corrected chi connectivity index (χ1v) is 5.04. The zero-order chi connectivity index (χ0) is 9.61. The predicted molar refractivity (Wildman–Crippen MR) is 46.1 cm³/mol. The summed E-state index contributed by atoms with van der Waals surface area (Å²) in [6.45, 7) is 3.46. The van der Waals surface area contributed by atoms with Crippen LogP contribution >= 0.6 is 0 Å². The zero-order valence-electron chi connectivity index (χ0n) is 7.06. The highest BCUT2D eigenvalue weighted by Crippen LogP contribution is 1.94. The molecule has 70 valence electrons. The van der Waals surface area contributed by atoms with E-state index >= 15 is 0 Å². The fourth-order valence-electron chi connectivity index (χ4n) is 0.449. The van der Waals surface area contributed by atoms with Gasteiger partial charge in [0.05, 0.1) is 5.25 Å². The van der Waals surface area contributed by atoms with E-state index in [4.69, 9.17) is 5.53 Å². The lowest BCUT2D eigenvalue weighted by molar-refractivity contribution is 0.573. The van der Waals surface area contributed by atoms with E-state index in [9.17, 15) is 8.42 Å². The van der Waals surface area contributed by atoms with Crippen LogP contribution in [-0.2, 0) is 10.0 Å². The average Bonchev–Trinajstić information content (AvgIpc) is 1.98. The zero-order valence-corrected chi connectivity index (χ0v) is 7.87. The maximum Gasteiger partial charge on any atom is 0.213 e. The normalized spacial score (nSPS) is 11.2. The highest BCUT2D eigenvalue weighted by atomic mass is 32.2. The summed E-state index contributed by atoms with van der Waals surface area (Å²) in [4.78, 5) is 2.49. The van der Waals surface area contributed by atoms with Crippen molar-refractivity contribution in [2.45, 2.75) is 19.1 Å². The molecule has 7 heteroatoms. The molecule has 0 radical (unpaired) electrons. The van der Waals surface area contributed by atoms with E-state index in [1.807, 2.05) is 0 Å². The third-order valence-corrected chi connectivity index (χ3v) is 3.05. The highest BCUT2D eigenvalue weighted by molar-refractivity contribution is 7.90. The van der Waals surface area contributed by atoms with E-state index in [2.05, 4.69) is 14.7 Å². The second kappa shape index (κ2) is 4.97. The molecule has 0 aromatic heterocycles. The summed E-state index contributed by atoms with van der Waals surface area (Å²) in [7, 11) is -3.21. The van der Waals surface area contributed by atoms with Crippen LogP contribution < -0.4 is 4.72 Å². The molecule has 0 aromatic carbocycles. The molecule has 0 saturated heterocycles. The number of nitrogens with one attached hydrogen (secondary N) is 1. The number of rotatable bonds is 5. The fraction of sp³-hybridized carbons (Fsp3) is 1.00. The van der Waals surface area contributed by atoms with Crippen LogP contribution in [0.1, 0.15) is 13.8 Å². The van der Waals surface area contributed by atoms with Gasteiger partial charge in [0.25, 0.3) is 0 Å². The van der Waals surface area contributed by atoms with Crippen molar-refractivity contribution in [1.29, 1.82) is 0 Å². The van der Waals surface area contributed by atoms with E-state index in [1.54, 1.807) is 13.8 Å². The maximum atomic E-state index is 11.0. The third-order valence-electron chi connectivity index (χ3n) is 1.20. The first-order chi connectivity index (χ1) is 5.50. The lowest BCUT2D eigenvalue weighted by atomic mass is 10.6. The molecule has 0 fully saturated rings. The molecular formula is C5H12N4O2S. The topological polar surface area (TPSA) is 94.9 Å². The number of hydrogen-bond donors (Lipinski definition) is 1. The smallest absolute Gasteiger partial charge is 0.213 e. The molecule has 0 aliphatic carbocycles. The lowest BCUT2D eigenvalue weighted by Crippen LogP contribution is -2.32. The van der Waals surface area contributed by atoms with Gasteiger partial charge in [0.15, 0.2) is 0 Å². The molecule has 0 unspecified atom stereocenters. The number of azide groups is 1. The molecule has 0 bridgehead atoms. The predicted octanol–water partition coefficient (Wildman–Crippen LogP) is 0.624. The summed E-state index contributed by atoms with van der Waals surface area (Å²) in [5.41, 5.74) is 7.89. The van der Waals surface area contributed by atoms with Crippen LogP contribution in [0.4, 0.5) is 0 Å². The van der Waals surface area contributed by atoms with Crippen LogP contribution in [0.2, 0.25) is 0 Å². The molecule has 0 rings (SSSR count). The van der Waals surface area contributed by atoms with E-state index in [-0.39, 0.29) is 13.1 Å². The molecule has 0 aliphatic rings. The van der Waals surface area contributed by atoms with Gasteiger partial charge in [-0.2, -0.15) is 0 Å². The minimum Gasteiger partial charge on any atom is -0.215 e. The van der Waals surface area contributed by atoms with Crippen molar-refractivity contribution in [2.75, 3.05) is 13.1 Å². The van der Waals surface area contributed by atoms with Crippen LogP contribution in [0.15, 0.2) is 5.11 Å². The second-order valence-electron chi connectivity index (χ2n) is 2.44. The van der Waals surface area contributed by atoms with Crippen LogP contribution in [-0.4, -0.2) is 26.8 Å². The third kappa shape index (κ3) is 4.17. The van der Waals surface area contributed by atoms with Crippen LogP contribution in [0, 0.1) is 0 Å². The van der Waals surface area contributed by atoms with Gasteiger partial charge < -0.3 is 0 Å². The molecule has 12 heavy (non-hydrogen) atoms. The monoisotopic (exact) mass is 192 g/mol. The van der Waals surface area contributed by atoms with Gasteiger partial charge in [-0.1, -0.05) is 5.11 Å². The Kier molecular flexibility index (Phi) is 4.65. The van der Waals surface area contributed by atoms with Gasteiger partial charge in [-0.15, -0.1) is 0 Å². The van der Waals surface area contributed by atoms with Crippen LogP contribution in [0.3, 0.4) is 0 Å². The molecule has 0 saturated carbocycles. The summed E-state index contributed by atoms with van der Waals surface area (Å²) < 4.78 is 24.4. The highest BCUT2D eigenvalue weighted by Gasteiger charge is 2.13. The van der Waals surface area contributed by atoms with Crippen molar-refractivity contribution in [3.63, 3.8) is 0 Å². The molecular weight excluding hydrogens is 180 g/mol. The van der Waals surface area contributed by atoms with E-state index in [1.165, 1.54) is 0 Å². The quantitative estimate of drug-likeness (QED) is 0.299. The van der Waals surface area contributed by atoms with Crippen molar-refractivity contribution in [1.82, 2.24) is 4.72 Å².